The number of aliphatic hydroxyl groups is 1. The molecule has 1 aromatic rings. The molecule has 21 heavy (non-hydrogen) atoms. The Morgan fingerprint density at radius 1 is 1.24 bits per heavy atom. The second-order valence-electron chi connectivity index (χ2n) is 6.06. The monoisotopic (exact) mass is 291 g/mol. The normalized spacial score (nSPS) is 18.2. The molecule has 1 aromatic carbocycles. The van der Waals surface area contributed by atoms with E-state index in [1.54, 1.807) is 0 Å². The van der Waals surface area contributed by atoms with E-state index in [2.05, 4.69) is 18.3 Å². The van der Waals surface area contributed by atoms with Gasteiger partial charge in [-0.05, 0) is 37.0 Å². The summed E-state index contributed by atoms with van der Waals surface area (Å²) in [5, 5.41) is 13.5. The van der Waals surface area contributed by atoms with Gasteiger partial charge in [0.1, 0.15) is 18.5 Å². The van der Waals surface area contributed by atoms with Crippen LogP contribution in [0.3, 0.4) is 0 Å². The number of nitrogens with one attached hydrogen (secondary N) is 1. The number of aryl methyl sites for hydroxylation is 1. The van der Waals surface area contributed by atoms with Gasteiger partial charge in [-0.2, -0.15) is 0 Å². The molecule has 2 N–H and O–H groups in total. The van der Waals surface area contributed by atoms with Gasteiger partial charge in [-0.15, -0.1) is 0 Å². The van der Waals surface area contributed by atoms with Gasteiger partial charge in [0.25, 0.3) is 0 Å². The van der Waals surface area contributed by atoms with Crippen molar-refractivity contribution >= 4 is 0 Å². The maximum atomic E-state index is 10.1. The van der Waals surface area contributed by atoms with E-state index in [1.807, 2.05) is 18.2 Å². The highest BCUT2D eigenvalue weighted by Gasteiger charge is 2.13. The smallest absolute Gasteiger partial charge is 0.119 e. The molecule has 3 nitrogen and oxygen atoms in total. The average molecular weight is 291 g/mol. The third-order valence-corrected chi connectivity index (χ3v) is 4.25. The molecule has 0 bridgehead atoms. The van der Waals surface area contributed by atoms with Crippen molar-refractivity contribution in [1.82, 2.24) is 5.32 Å². The summed E-state index contributed by atoms with van der Waals surface area (Å²) < 4.78 is 5.68. The second-order valence-corrected chi connectivity index (χ2v) is 6.06. The van der Waals surface area contributed by atoms with Crippen molar-refractivity contribution in [2.45, 2.75) is 64.0 Å². The fraction of sp³-hybridized carbons (Fsp3) is 0.667. The minimum absolute atomic E-state index is 0.354. The molecule has 0 aromatic heterocycles. The molecule has 1 aliphatic rings. The van der Waals surface area contributed by atoms with Crippen molar-refractivity contribution in [3.05, 3.63) is 29.8 Å². The van der Waals surface area contributed by atoms with Gasteiger partial charge in [0.05, 0.1) is 0 Å². The first-order chi connectivity index (χ1) is 10.3. The Hall–Kier alpha value is -1.06. The predicted molar refractivity (Wildman–Crippen MR) is 86.8 cm³/mol. The highest BCUT2D eigenvalue weighted by molar-refractivity contribution is 5.28. The van der Waals surface area contributed by atoms with Crippen LogP contribution in [0.25, 0.3) is 0 Å². The van der Waals surface area contributed by atoms with Crippen LogP contribution in [-0.2, 0) is 6.42 Å². The van der Waals surface area contributed by atoms with Gasteiger partial charge in [0.2, 0.25) is 0 Å². The Bertz CT molecular complexity index is 400. The van der Waals surface area contributed by atoms with Crippen LogP contribution < -0.4 is 10.1 Å². The third kappa shape index (κ3) is 6.06. The molecule has 0 spiro atoms. The maximum absolute atomic E-state index is 10.1. The van der Waals surface area contributed by atoms with Gasteiger partial charge in [-0.25, -0.2) is 0 Å². The van der Waals surface area contributed by atoms with E-state index in [0.717, 1.165) is 12.2 Å². The van der Waals surface area contributed by atoms with Crippen LogP contribution in [0.4, 0.5) is 0 Å². The first-order valence-electron chi connectivity index (χ1n) is 8.41. The highest BCUT2D eigenvalue weighted by atomic mass is 16.5. The molecule has 1 unspecified atom stereocenters. The van der Waals surface area contributed by atoms with Crippen molar-refractivity contribution < 1.29 is 9.84 Å². The molecule has 1 fully saturated rings. The first kappa shape index (κ1) is 16.3. The molecule has 0 amide bonds. The molecule has 0 heterocycles. The van der Waals surface area contributed by atoms with Crippen LogP contribution in [0.1, 0.15) is 51.0 Å². The Labute approximate surface area is 128 Å². The van der Waals surface area contributed by atoms with E-state index < -0.39 is 6.10 Å². The van der Waals surface area contributed by atoms with Crippen LogP contribution in [0.2, 0.25) is 0 Å². The van der Waals surface area contributed by atoms with Crippen LogP contribution >= 0.6 is 0 Å². The zero-order chi connectivity index (χ0) is 14.9. The van der Waals surface area contributed by atoms with Gasteiger partial charge in [-0.3, -0.25) is 0 Å². The minimum Gasteiger partial charge on any atom is -0.491 e. The number of ether oxygens (including phenoxy) is 1. The molecule has 0 saturated heterocycles. The largest absolute Gasteiger partial charge is 0.491 e. The topological polar surface area (TPSA) is 41.5 Å². The van der Waals surface area contributed by atoms with Crippen molar-refractivity contribution in [3.8, 4) is 5.75 Å². The lowest BCUT2D eigenvalue weighted by atomic mass is 10.1. The number of benzene rings is 1. The van der Waals surface area contributed by atoms with Crippen LogP contribution in [0.15, 0.2) is 24.3 Å². The Balaban J connectivity index is 1.67. The number of hydrogen-bond donors (Lipinski definition) is 2. The summed E-state index contributed by atoms with van der Waals surface area (Å²) in [6.45, 7) is 3.11. The Morgan fingerprint density at radius 3 is 2.71 bits per heavy atom. The maximum Gasteiger partial charge on any atom is 0.119 e. The summed E-state index contributed by atoms with van der Waals surface area (Å²) in [6, 6.07) is 8.67. The average Bonchev–Trinajstić information content (AvgIpc) is 2.80. The lowest BCUT2D eigenvalue weighted by molar-refractivity contribution is 0.103. The van der Waals surface area contributed by atoms with E-state index in [1.165, 1.54) is 44.1 Å². The van der Waals surface area contributed by atoms with Gasteiger partial charge in [0.15, 0.2) is 0 Å². The summed E-state index contributed by atoms with van der Waals surface area (Å²) in [6.07, 6.45) is 8.39. The van der Waals surface area contributed by atoms with Crippen LogP contribution in [0, 0.1) is 0 Å². The molecule has 1 aliphatic carbocycles. The number of hydrogen-bond acceptors (Lipinski definition) is 3. The lowest BCUT2D eigenvalue weighted by Gasteiger charge is -2.19. The summed E-state index contributed by atoms with van der Waals surface area (Å²) in [4.78, 5) is 0. The molecule has 2 rings (SSSR count). The molecule has 3 heteroatoms. The molecule has 1 atom stereocenters. The fourth-order valence-corrected chi connectivity index (χ4v) is 2.89. The quantitative estimate of drug-likeness (QED) is 0.757. The van der Waals surface area contributed by atoms with Gasteiger partial charge in [-0.1, -0.05) is 44.7 Å². The summed E-state index contributed by atoms with van der Waals surface area (Å²) >= 11 is 0. The van der Waals surface area contributed by atoms with Gasteiger partial charge in [0, 0.05) is 12.6 Å². The van der Waals surface area contributed by atoms with Crippen LogP contribution in [0.5, 0.6) is 5.75 Å². The second kappa shape index (κ2) is 9.06. The zero-order valence-electron chi connectivity index (χ0n) is 13.2. The number of aliphatic hydroxyl groups excluding tert-OH is 1. The zero-order valence-corrected chi connectivity index (χ0v) is 13.2. The Kier molecular flexibility index (Phi) is 7.04. The minimum atomic E-state index is -0.446. The first-order valence-corrected chi connectivity index (χ1v) is 8.41. The predicted octanol–water partition coefficient (Wildman–Crippen LogP) is 3.30. The van der Waals surface area contributed by atoms with E-state index in [9.17, 15) is 5.11 Å². The molecular weight excluding hydrogens is 262 g/mol. The standard InChI is InChI=1S/C18H29NO2/c1-2-15-8-7-11-18(12-15)21-14-17(20)13-19-16-9-5-3-4-6-10-16/h7-8,11-12,16-17,19-20H,2-6,9-10,13-14H2,1H3. The summed E-state index contributed by atoms with van der Waals surface area (Å²) in [5.41, 5.74) is 1.26. The van der Waals surface area contributed by atoms with Gasteiger partial charge >= 0.3 is 0 Å². The highest BCUT2D eigenvalue weighted by Crippen LogP contribution is 2.17. The summed E-state index contributed by atoms with van der Waals surface area (Å²) in [5.74, 6) is 0.850. The summed E-state index contributed by atoms with van der Waals surface area (Å²) in [7, 11) is 0. The third-order valence-electron chi connectivity index (χ3n) is 4.25. The van der Waals surface area contributed by atoms with E-state index in [4.69, 9.17) is 4.74 Å². The van der Waals surface area contributed by atoms with Crippen molar-refractivity contribution in [3.63, 3.8) is 0 Å². The van der Waals surface area contributed by atoms with E-state index in [0.29, 0.717) is 19.2 Å². The Morgan fingerprint density at radius 2 is 2.00 bits per heavy atom. The number of rotatable bonds is 7. The van der Waals surface area contributed by atoms with Crippen LogP contribution in [-0.4, -0.2) is 30.4 Å². The van der Waals surface area contributed by atoms with Crippen molar-refractivity contribution in [2.24, 2.45) is 0 Å². The van der Waals surface area contributed by atoms with E-state index >= 15 is 0 Å². The van der Waals surface area contributed by atoms with E-state index in [-0.39, 0.29) is 0 Å². The van der Waals surface area contributed by atoms with Crippen molar-refractivity contribution in [2.75, 3.05) is 13.2 Å². The molecule has 118 valence electrons. The molecule has 0 aliphatic heterocycles. The molecule has 0 radical (unpaired) electrons. The van der Waals surface area contributed by atoms with Crippen molar-refractivity contribution in [1.29, 1.82) is 0 Å². The fourth-order valence-electron chi connectivity index (χ4n) is 2.89. The molecular formula is C18H29NO2. The molecule has 1 saturated carbocycles. The van der Waals surface area contributed by atoms with Gasteiger partial charge < -0.3 is 15.2 Å². The lowest BCUT2D eigenvalue weighted by Crippen LogP contribution is -2.37. The SMILES string of the molecule is CCc1cccc(OCC(O)CNC2CCCCCC2)c1.